The Hall–Kier alpha value is -1.24. The summed E-state index contributed by atoms with van der Waals surface area (Å²) in [5, 5.41) is 0. The minimum Gasteiger partial charge on any atom is -0.308 e. The summed E-state index contributed by atoms with van der Waals surface area (Å²) in [7, 11) is 4.33. The molecule has 3 N–H and O–H groups in total. The lowest BCUT2D eigenvalue weighted by Crippen LogP contribution is -2.35. The summed E-state index contributed by atoms with van der Waals surface area (Å²) in [6.45, 7) is 6.25. The fourth-order valence-electron chi connectivity index (χ4n) is 2.77. The summed E-state index contributed by atoms with van der Waals surface area (Å²) in [5.41, 5.74) is 3.53. The van der Waals surface area contributed by atoms with E-state index in [1.165, 1.54) is 25.9 Å². The molecule has 112 valence electrons. The quantitative estimate of drug-likeness (QED) is 0.614. The Kier molecular flexibility index (Phi) is 5.28. The lowest BCUT2D eigenvalue weighted by molar-refractivity contribution is 0.172. The highest BCUT2D eigenvalue weighted by atomic mass is 15.3. The first-order valence-corrected chi connectivity index (χ1v) is 7.25. The average molecular weight is 278 g/mol. The Morgan fingerprint density at radius 1 is 1.40 bits per heavy atom. The number of nitrogens with one attached hydrogen (secondary N) is 1. The van der Waals surface area contributed by atoms with Gasteiger partial charge in [-0.2, -0.15) is 0 Å². The van der Waals surface area contributed by atoms with Crippen molar-refractivity contribution in [2.75, 3.05) is 39.2 Å². The molecule has 0 radical (unpaired) electrons. The lowest BCUT2D eigenvalue weighted by atomic mass is 9.97. The molecule has 2 rings (SSSR count). The second kappa shape index (κ2) is 6.97. The van der Waals surface area contributed by atoms with E-state index in [0.29, 0.717) is 5.82 Å². The third kappa shape index (κ3) is 4.40. The van der Waals surface area contributed by atoms with Crippen LogP contribution in [-0.2, 0) is 6.54 Å². The van der Waals surface area contributed by atoms with E-state index in [1.807, 2.05) is 13.0 Å². The van der Waals surface area contributed by atoms with Gasteiger partial charge in [0.05, 0.1) is 6.54 Å². The molecule has 0 saturated carbocycles. The lowest BCUT2D eigenvalue weighted by Gasteiger charge is -2.31. The maximum absolute atomic E-state index is 5.42. The number of hydrogen-bond donors (Lipinski definition) is 2. The molecule has 1 aliphatic rings. The average Bonchev–Trinajstić information content (AvgIpc) is 2.40. The fourth-order valence-corrected chi connectivity index (χ4v) is 2.77. The van der Waals surface area contributed by atoms with E-state index in [4.69, 9.17) is 5.84 Å². The highest BCUT2D eigenvalue weighted by Gasteiger charge is 2.18. The van der Waals surface area contributed by atoms with Gasteiger partial charge in [-0.1, -0.05) is 0 Å². The predicted octanol–water partition coefficient (Wildman–Crippen LogP) is 0.844. The first-order chi connectivity index (χ1) is 9.56. The van der Waals surface area contributed by atoms with Crippen LogP contribution in [0.15, 0.2) is 6.07 Å². The van der Waals surface area contributed by atoms with Crippen molar-refractivity contribution in [1.82, 2.24) is 19.8 Å². The van der Waals surface area contributed by atoms with Crippen molar-refractivity contribution in [3.05, 3.63) is 17.6 Å². The van der Waals surface area contributed by atoms with Gasteiger partial charge in [-0.3, -0.25) is 4.90 Å². The highest BCUT2D eigenvalue weighted by Crippen LogP contribution is 2.17. The van der Waals surface area contributed by atoms with Crippen LogP contribution in [0.25, 0.3) is 0 Å². The molecular weight excluding hydrogens is 252 g/mol. The zero-order chi connectivity index (χ0) is 14.5. The van der Waals surface area contributed by atoms with Crippen molar-refractivity contribution in [2.24, 2.45) is 11.8 Å². The van der Waals surface area contributed by atoms with Crippen LogP contribution in [0, 0.1) is 12.8 Å². The topological polar surface area (TPSA) is 70.3 Å². The molecule has 1 aliphatic heterocycles. The molecule has 1 aromatic heterocycles. The van der Waals surface area contributed by atoms with E-state index in [1.54, 1.807) is 0 Å². The second-order valence-corrected chi connectivity index (χ2v) is 5.90. The standard InChI is InChI=1S/C14H26N6/c1-11-8-13(18-15)17-14(16-11)10-20(3)9-12-4-6-19(2)7-5-12/h8,12H,4-7,9-10,15H2,1-3H3,(H,16,17,18). The Labute approximate surface area is 121 Å². The molecule has 1 fully saturated rings. The smallest absolute Gasteiger partial charge is 0.144 e. The Bertz CT molecular complexity index is 428. The molecule has 0 aliphatic carbocycles. The molecule has 0 aromatic carbocycles. The zero-order valence-electron chi connectivity index (χ0n) is 12.8. The number of hydrazine groups is 1. The van der Waals surface area contributed by atoms with Crippen LogP contribution in [0.1, 0.15) is 24.4 Å². The van der Waals surface area contributed by atoms with E-state index in [2.05, 4.69) is 39.3 Å². The molecule has 6 nitrogen and oxygen atoms in total. The van der Waals surface area contributed by atoms with Crippen LogP contribution < -0.4 is 11.3 Å². The van der Waals surface area contributed by atoms with E-state index in [0.717, 1.165) is 30.5 Å². The monoisotopic (exact) mass is 278 g/mol. The number of piperidine rings is 1. The van der Waals surface area contributed by atoms with Crippen molar-refractivity contribution in [1.29, 1.82) is 0 Å². The highest BCUT2D eigenvalue weighted by molar-refractivity contribution is 5.33. The molecule has 0 atom stereocenters. The molecule has 0 bridgehead atoms. The summed E-state index contributed by atoms with van der Waals surface area (Å²) >= 11 is 0. The summed E-state index contributed by atoms with van der Waals surface area (Å²) in [6, 6.07) is 1.85. The maximum atomic E-state index is 5.42. The first-order valence-electron chi connectivity index (χ1n) is 7.25. The van der Waals surface area contributed by atoms with Gasteiger partial charge in [0.2, 0.25) is 0 Å². The number of nitrogens with zero attached hydrogens (tertiary/aromatic N) is 4. The van der Waals surface area contributed by atoms with Gasteiger partial charge in [-0.05, 0) is 52.9 Å². The largest absolute Gasteiger partial charge is 0.308 e. The van der Waals surface area contributed by atoms with Gasteiger partial charge in [0.25, 0.3) is 0 Å². The van der Waals surface area contributed by atoms with Crippen molar-refractivity contribution in [2.45, 2.75) is 26.3 Å². The van der Waals surface area contributed by atoms with Crippen LogP contribution in [0.4, 0.5) is 5.82 Å². The normalized spacial score (nSPS) is 17.6. The predicted molar refractivity (Wildman–Crippen MR) is 81.1 cm³/mol. The maximum Gasteiger partial charge on any atom is 0.144 e. The Morgan fingerprint density at radius 3 is 2.75 bits per heavy atom. The van der Waals surface area contributed by atoms with E-state index in [9.17, 15) is 0 Å². The number of aryl methyl sites for hydroxylation is 1. The van der Waals surface area contributed by atoms with Crippen LogP contribution in [0.2, 0.25) is 0 Å². The van der Waals surface area contributed by atoms with Gasteiger partial charge < -0.3 is 10.3 Å². The summed E-state index contributed by atoms with van der Waals surface area (Å²) in [6.07, 6.45) is 2.57. The van der Waals surface area contributed by atoms with Crippen molar-refractivity contribution < 1.29 is 0 Å². The minimum absolute atomic E-state index is 0.681. The van der Waals surface area contributed by atoms with Gasteiger partial charge >= 0.3 is 0 Å². The Balaban J connectivity index is 1.87. The van der Waals surface area contributed by atoms with Crippen LogP contribution in [0.5, 0.6) is 0 Å². The molecule has 2 heterocycles. The Morgan fingerprint density at radius 2 is 2.10 bits per heavy atom. The summed E-state index contributed by atoms with van der Waals surface area (Å²) < 4.78 is 0. The van der Waals surface area contributed by atoms with Gasteiger partial charge in [0.1, 0.15) is 11.6 Å². The van der Waals surface area contributed by atoms with Crippen LogP contribution >= 0.6 is 0 Å². The third-order valence-corrected chi connectivity index (χ3v) is 3.87. The first kappa shape index (κ1) is 15.2. The van der Waals surface area contributed by atoms with Gasteiger partial charge in [0.15, 0.2) is 0 Å². The second-order valence-electron chi connectivity index (χ2n) is 5.90. The number of nitrogen functional groups attached to an aromatic ring is 1. The molecular formula is C14H26N6. The minimum atomic E-state index is 0.681. The molecule has 6 heteroatoms. The van der Waals surface area contributed by atoms with Crippen LogP contribution in [-0.4, -0.2) is 53.5 Å². The number of aromatic nitrogens is 2. The number of likely N-dealkylation sites (tertiary alicyclic amines) is 1. The van der Waals surface area contributed by atoms with Crippen molar-refractivity contribution >= 4 is 5.82 Å². The summed E-state index contributed by atoms with van der Waals surface area (Å²) in [5.74, 6) is 7.72. The number of anilines is 1. The van der Waals surface area contributed by atoms with Crippen molar-refractivity contribution in [3.8, 4) is 0 Å². The van der Waals surface area contributed by atoms with Gasteiger partial charge in [0, 0.05) is 18.3 Å². The molecule has 0 unspecified atom stereocenters. The van der Waals surface area contributed by atoms with E-state index in [-0.39, 0.29) is 0 Å². The van der Waals surface area contributed by atoms with Gasteiger partial charge in [-0.15, -0.1) is 0 Å². The van der Waals surface area contributed by atoms with E-state index >= 15 is 0 Å². The molecule has 0 amide bonds. The third-order valence-electron chi connectivity index (χ3n) is 3.87. The number of rotatable bonds is 5. The van der Waals surface area contributed by atoms with Gasteiger partial charge in [-0.25, -0.2) is 15.8 Å². The number of hydrogen-bond acceptors (Lipinski definition) is 6. The van der Waals surface area contributed by atoms with Crippen LogP contribution in [0.3, 0.4) is 0 Å². The van der Waals surface area contributed by atoms with E-state index < -0.39 is 0 Å². The SMILES string of the molecule is Cc1cc(NN)nc(CN(C)CC2CCN(C)CC2)n1. The molecule has 0 spiro atoms. The van der Waals surface area contributed by atoms with Crippen molar-refractivity contribution in [3.63, 3.8) is 0 Å². The molecule has 20 heavy (non-hydrogen) atoms. The fraction of sp³-hybridized carbons (Fsp3) is 0.714. The number of nitrogens with two attached hydrogens (primary N) is 1. The molecule has 1 aromatic rings. The summed E-state index contributed by atoms with van der Waals surface area (Å²) in [4.78, 5) is 13.6. The zero-order valence-corrected chi connectivity index (χ0v) is 12.8. The molecule has 1 saturated heterocycles.